The van der Waals surface area contributed by atoms with E-state index in [0.29, 0.717) is 39.0 Å². The zero-order valence-electron chi connectivity index (χ0n) is 15.2. The molecule has 6 heteroatoms. The second kappa shape index (κ2) is 9.06. The number of pyridine rings is 1. The Labute approximate surface area is 158 Å². The third-order valence-electron chi connectivity index (χ3n) is 5.28. The molecule has 0 bridgehead atoms. The van der Waals surface area contributed by atoms with Gasteiger partial charge in [-0.3, -0.25) is 9.78 Å². The van der Waals surface area contributed by atoms with Crippen LogP contribution in [0, 0.1) is 11.2 Å². The van der Waals surface area contributed by atoms with E-state index in [4.69, 9.17) is 4.74 Å². The van der Waals surface area contributed by atoms with Crippen molar-refractivity contribution in [3.05, 3.63) is 65.7 Å². The third kappa shape index (κ3) is 5.11. The van der Waals surface area contributed by atoms with Crippen molar-refractivity contribution in [2.75, 3.05) is 26.4 Å². The molecule has 1 aromatic carbocycles. The lowest BCUT2D eigenvalue weighted by Crippen LogP contribution is -2.45. The van der Waals surface area contributed by atoms with E-state index in [1.54, 1.807) is 24.5 Å². The summed E-state index contributed by atoms with van der Waals surface area (Å²) in [7, 11) is 0. The number of hydrogen-bond donors (Lipinski definition) is 2. The number of rotatable bonds is 7. The van der Waals surface area contributed by atoms with Gasteiger partial charge in [0, 0.05) is 37.6 Å². The minimum atomic E-state index is -0.453. The first-order chi connectivity index (χ1) is 13.1. The molecule has 1 aliphatic rings. The minimum Gasteiger partial charge on any atom is -0.396 e. The Morgan fingerprint density at radius 2 is 2.00 bits per heavy atom. The maximum atomic E-state index is 13.3. The number of ether oxygens (including phenoxy) is 1. The Kier molecular flexibility index (Phi) is 6.53. The molecule has 1 fully saturated rings. The van der Waals surface area contributed by atoms with Gasteiger partial charge in [-0.15, -0.1) is 0 Å². The fourth-order valence-electron chi connectivity index (χ4n) is 3.40. The quantitative estimate of drug-likeness (QED) is 0.783. The Hall–Kier alpha value is -2.31. The molecule has 2 N–H and O–H groups in total. The molecule has 0 aliphatic carbocycles. The second-order valence-corrected chi connectivity index (χ2v) is 7.16. The van der Waals surface area contributed by atoms with Gasteiger partial charge in [0.05, 0.1) is 12.5 Å². The van der Waals surface area contributed by atoms with Crippen LogP contribution in [0.2, 0.25) is 0 Å². The summed E-state index contributed by atoms with van der Waals surface area (Å²) in [5.41, 5.74) is 1.35. The molecule has 0 radical (unpaired) electrons. The van der Waals surface area contributed by atoms with E-state index < -0.39 is 5.92 Å². The van der Waals surface area contributed by atoms with Crippen molar-refractivity contribution in [1.29, 1.82) is 0 Å². The zero-order valence-corrected chi connectivity index (χ0v) is 15.2. The molecule has 144 valence electrons. The zero-order chi connectivity index (χ0) is 19.1. The molecular weight excluding hydrogens is 347 g/mol. The molecule has 27 heavy (non-hydrogen) atoms. The normalized spacial score (nSPS) is 17.3. The first-order valence-electron chi connectivity index (χ1n) is 9.23. The number of nitrogens with one attached hydrogen (secondary N) is 1. The monoisotopic (exact) mass is 372 g/mol. The van der Waals surface area contributed by atoms with Crippen LogP contribution in [-0.4, -0.2) is 42.4 Å². The molecule has 1 aromatic heterocycles. The number of carbonyl (C=O) groups excluding carboxylic acids is 1. The summed E-state index contributed by atoms with van der Waals surface area (Å²) in [5.74, 6) is -0.920. The van der Waals surface area contributed by atoms with Crippen LogP contribution in [0.25, 0.3) is 0 Å². The van der Waals surface area contributed by atoms with Gasteiger partial charge in [-0.2, -0.15) is 0 Å². The van der Waals surface area contributed by atoms with E-state index in [0.717, 1.165) is 11.1 Å². The standard InChI is InChI=1S/C21H25FN2O3/c22-18-5-3-17(4-6-18)19(12-16-2-1-9-23-13-16)20(26)24-14-21(15-25)7-10-27-11-8-21/h1-6,9,13,19,25H,7-8,10-12,14-15H2,(H,24,26). The Morgan fingerprint density at radius 3 is 2.63 bits per heavy atom. The summed E-state index contributed by atoms with van der Waals surface area (Å²) in [6, 6.07) is 9.78. The highest BCUT2D eigenvalue weighted by molar-refractivity contribution is 5.84. The van der Waals surface area contributed by atoms with Crippen LogP contribution in [0.15, 0.2) is 48.8 Å². The molecule has 1 saturated heterocycles. The van der Waals surface area contributed by atoms with Gasteiger partial charge in [-0.05, 0) is 48.6 Å². The number of aliphatic hydroxyl groups excluding tert-OH is 1. The predicted molar refractivity (Wildman–Crippen MR) is 99.7 cm³/mol. The number of aliphatic hydroxyl groups is 1. The van der Waals surface area contributed by atoms with Crippen molar-refractivity contribution in [1.82, 2.24) is 10.3 Å². The lowest BCUT2D eigenvalue weighted by Gasteiger charge is -2.36. The molecule has 1 unspecified atom stereocenters. The van der Waals surface area contributed by atoms with Gasteiger partial charge >= 0.3 is 0 Å². The number of halogens is 1. The molecule has 0 saturated carbocycles. The molecule has 1 amide bonds. The van der Waals surface area contributed by atoms with Crippen molar-refractivity contribution in [3.8, 4) is 0 Å². The third-order valence-corrected chi connectivity index (χ3v) is 5.28. The van der Waals surface area contributed by atoms with Gasteiger partial charge < -0.3 is 15.2 Å². The summed E-state index contributed by atoms with van der Waals surface area (Å²) in [6.45, 7) is 1.60. The maximum Gasteiger partial charge on any atom is 0.227 e. The van der Waals surface area contributed by atoms with Crippen molar-refractivity contribution in [2.24, 2.45) is 5.41 Å². The van der Waals surface area contributed by atoms with Crippen molar-refractivity contribution >= 4 is 5.91 Å². The maximum absolute atomic E-state index is 13.3. The van der Waals surface area contributed by atoms with Crippen LogP contribution < -0.4 is 5.32 Å². The van der Waals surface area contributed by atoms with E-state index >= 15 is 0 Å². The molecular formula is C21H25FN2O3. The fourth-order valence-corrected chi connectivity index (χ4v) is 3.40. The smallest absolute Gasteiger partial charge is 0.227 e. The Balaban J connectivity index is 1.74. The minimum absolute atomic E-state index is 0.0143. The number of amides is 1. The van der Waals surface area contributed by atoms with Gasteiger partial charge in [0.1, 0.15) is 5.82 Å². The molecule has 1 aliphatic heterocycles. The second-order valence-electron chi connectivity index (χ2n) is 7.16. The first-order valence-corrected chi connectivity index (χ1v) is 9.23. The molecule has 5 nitrogen and oxygen atoms in total. The molecule has 1 atom stereocenters. The van der Waals surface area contributed by atoms with Crippen molar-refractivity contribution in [3.63, 3.8) is 0 Å². The predicted octanol–water partition coefficient (Wildman–Crippen LogP) is 2.45. The molecule has 3 rings (SSSR count). The summed E-state index contributed by atoms with van der Waals surface area (Å²) >= 11 is 0. The summed E-state index contributed by atoms with van der Waals surface area (Å²) in [5, 5.41) is 12.8. The summed E-state index contributed by atoms with van der Waals surface area (Å²) < 4.78 is 18.7. The number of benzene rings is 1. The van der Waals surface area contributed by atoms with E-state index in [1.807, 2.05) is 12.1 Å². The average molecular weight is 372 g/mol. The van der Waals surface area contributed by atoms with Crippen LogP contribution in [0.5, 0.6) is 0 Å². The van der Waals surface area contributed by atoms with E-state index in [2.05, 4.69) is 10.3 Å². The highest BCUT2D eigenvalue weighted by Crippen LogP contribution is 2.29. The van der Waals surface area contributed by atoms with Crippen LogP contribution in [0.4, 0.5) is 4.39 Å². The SMILES string of the molecule is O=C(NCC1(CO)CCOCC1)C(Cc1cccnc1)c1ccc(F)cc1. The van der Waals surface area contributed by atoms with Gasteiger partial charge in [-0.1, -0.05) is 18.2 Å². The molecule has 2 heterocycles. The average Bonchev–Trinajstić information content (AvgIpc) is 2.72. The largest absolute Gasteiger partial charge is 0.396 e. The topological polar surface area (TPSA) is 71.5 Å². The number of carbonyl (C=O) groups is 1. The van der Waals surface area contributed by atoms with E-state index in [-0.39, 0.29) is 23.7 Å². The van der Waals surface area contributed by atoms with Crippen molar-refractivity contribution in [2.45, 2.75) is 25.2 Å². The fraction of sp³-hybridized carbons (Fsp3) is 0.429. The highest BCUT2D eigenvalue weighted by Gasteiger charge is 2.33. The van der Waals surface area contributed by atoms with Gasteiger partial charge in [0.15, 0.2) is 0 Å². The first kappa shape index (κ1) is 19.5. The summed E-state index contributed by atoms with van der Waals surface area (Å²) in [4.78, 5) is 17.1. The van der Waals surface area contributed by atoms with Crippen molar-refractivity contribution < 1.29 is 19.0 Å². The highest BCUT2D eigenvalue weighted by atomic mass is 19.1. The molecule has 0 spiro atoms. The van der Waals surface area contributed by atoms with Crippen LogP contribution in [0.1, 0.15) is 29.9 Å². The van der Waals surface area contributed by atoms with Gasteiger partial charge in [0.25, 0.3) is 0 Å². The number of aromatic nitrogens is 1. The van der Waals surface area contributed by atoms with E-state index in [1.165, 1.54) is 12.1 Å². The van der Waals surface area contributed by atoms with Gasteiger partial charge in [-0.25, -0.2) is 4.39 Å². The number of nitrogens with zero attached hydrogens (tertiary/aromatic N) is 1. The van der Waals surface area contributed by atoms with Gasteiger partial charge in [0.2, 0.25) is 5.91 Å². The molecule has 2 aromatic rings. The lowest BCUT2D eigenvalue weighted by atomic mass is 9.80. The lowest BCUT2D eigenvalue weighted by molar-refractivity contribution is -0.123. The van der Waals surface area contributed by atoms with Crippen LogP contribution in [-0.2, 0) is 16.0 Å². The number of hydrogen-bond acceptors (Lipinski definition) is 4. The Bertz CT molecular complexity index is 731. The van der Waals surface area contributed by atoms with Crippen LogP contribution >= 0.6 is 0 Å². The Morgan fingerprint density at radius 1 is 1.26 bits per heavy atom. The summed E-state index contributed by atoms with van der Waals surface area (Å²) in [6.07, 6.45) is 5.33. The van der Waals surface area contributed by atoms with E-state index in [9.17, 15) is 14.3 Å². The van der Waals surface area contributed by atoms with Crippen LogP contribution in [0.3, 0.4) is 0 Å².